The number of hydrogen-bond acceptors (Lipinski definition) is 3. The SMILES string of the molecule is COc1cccc(NC(=O)C2CCNCC2)c1.Cl. The molecule has 0 bridgehead atoms. The van der Waals surface area contributed by atoms with E-state index in [9.17, 15) is 4.79 Å². The molecule has 4 nitrogen and oxygen atoms in total. The Hall–Kier alpha value is -1.26. The van der Waals surface area contributed by atoms with Gasteiger partial charge in [-0.1, -0.05) is 6.07 Å². The summed E-state index contributed by atoms with van der Waals surface area (Å²) >= 11 is 0. The van der Waals surface area contributed by atoms with Crippen LogP contribution in [0.1, 0.15) is 12.8 Å². The third-order valence-corrected chi connectivity index (χ3v) is 3.05. The number of carbonyl (C=O) groups excluding carboxylic acids is 1. The van der Waals surface area contributed by atoms with E-state index in [2.05, 4.69) is 10.6 Å². The fraction of sp³-hybridized carbons (Fsp3) is 0.462. The number of rotatable bonds is 3. The van der Waals surface area contributed by atoms with E-state index in [4.69, 9.17) is 4.74 Å². The lowest BCUT2D eigenvalue weighted by Gasteiger charge is -2.21. The third kappa shape index (κ3) is 3.89. The summed E-state index contributed by atoms with van der Waals surface area (Å²) in [5.41, 5.74) is 0.799. The number of amides is 1. The zero-order valence-corrected chi connectivity index (χ0v) is 11.3. The van der Waals surface area contributed by atoms with Crippen LogP contribution in [0.5, 0.6) is 5.75 Å². The van der Waals surface area contributed by atoms with Gasteiger partial charge in [-0.15, -0.1) is 12.4 Å². The van der Waals surface area contributed by atoms with Gasteiger partial charge in [-0.2, -0.15) is 0 Å². The van der Waals surface area contributed by atoms with E-state index in [1.54, 1.807) is 7.11 Å². The smallest absolute Gasteiger partial charge is 0.227 e. The van der Waals surface area contributed by atoms with E-state index in [0.29, 0.717) is 0 Å². The van der Waals surface area contributed by atoms with Gasteiger partial charge < -0.3 is 15.4 Å². The lowest BCUT2D eigenvalue weighted by Crippen LogP contribution is -2.34. The maximum atomic E-state index is 12.0. The monoisotopic (exact) mass is 270 g/mol. The Morgan fingerprint density at radius 1 is 1.39 bits per heavy atom. The largest absolute Gasteiger partial charge is 0.497 e. The molecule has 5 heteroatoms. The van der Waals surface area contributed by atoms with Crippen LogP contribution in [-0.2, 0) is 4.79 Å². The first-order valence-electron chi connectivity index (χ1n) is 5.95. The molecule has 0 aliphatic carbocycles. The van der Waals surface area contributed by atoms with Gasteiger partial charge in [-0.05, 0) is 38.1 Å². The molecule has 1 heterocycles. The van der Waals surface area contributed by atoms with Crippen LogP contribution < -0.4 is 15.4 Å². The predicted octanol–water partition coefficient (Wildman–Crippen LogP) is 2.06. The molecule has 18 heavy (non-hydrogen) atoms. The molecular formula is C13H19ClN2O2. The molecule has 0 aromatic heterocycles. The van der Waals surface area contributed by atoms with Crippen molar-refractivity contribution >= 4 is 24.0 Å². The molecule has 0 radical (unpaired) electrons. The minimum absolute atomic E-state index is 0. The highest BCUT2D eigenvalue weighted by atomic mass is 35.5. The maximum Gasteiger partial charge on any atom is 0.227 e. The number of halogens is 1. The number of ether oxygens (including phenoxy) is 1. The Kier molecular flexibility index (Phi) is 5.95. The first kappa shape index (κ1) is 14.8. The van der Waals surface area contributed by atoms with Crippen molar-refractivity contribution in [2.75, 3.05) is 25.5 Å². The van der Waals surface area contributed by atoms with Crippen LogP contribution in [0.15, 0.2) is 24.3 Å². The van der Waals surface area contributed by atoms with Gasteiger partial charge in [0.1, 0.15) is 5.75 Å². The summed E-state index contributed by atoms with van der Waals surface area (Å²) in [6.07, 6.45) is 1.83. The second-order valence-corrected chi connectivity index (χ2v) is 4.25. The van der Waals surface area contributed by atoms with Gasteiger partial charge in [0.05, 0.1) is 7.11 Å². The lowest BCUT2D eigenvalue weighted by molar-refractivity contribution is -0.120. The highest BCUT2D eigenvalue weighted by Gasteiger charge is 2.20. The second kappa shape index (κ2) is 7.24. The quantitative estimate of drug-likeness (QED) is 0.884. The van der Waals surface area contributed by atoms with Crippen LogP contribution in [-0.4, -0.2) is 26.1 Å². The fourth-order valence-electron chi connectivity index (χ4n) is 2.03. The van der Waals surface area contributed by atoms with Crippen LogP contribution in [0.2, 0.25) is 0 Å². The molecule has 1 aliphatic heterocycles. The van der Waals surface area contributed by atoms with Crippen molar-refractivity contribution < 1.29 is 9.53 Å². The van der Waals surface area contributed by atoms with E-state index < -0.39 is 0 Å². The first-order valence-corrected chi connectivity index (χ1v) is 5.95. The van der Waals surface area contributed by atoms with Crippen LogP contribution in [0.25, 0.3) is 0 Å². The summed E-state index contributed by atoms with van der Waals surface area (Å²) in [7, 11) is 1.62. The van der Waals surface area contributed by atoms with Crippen molar-refractivity contribution in [3.8, 4) is 5.75 Å². The standard InChI is InChI=1S/C13H18N2O2.ClH/c1-17-12-4-2-3-11(9-12)15-13(16)10-5-7-14-8-6-10;/h2-4,9-10,14H,5-8H2,1H3,(H,15,16);1H. The predicted molar refractivity (Wildman–Crippen MR) is 74.5 cm³/mol. The highest BCUT2D eigenvalue weighted by Crippen LogP contribution is 2.19. The molecule has 0 atom stereocenters. The normalized spacial score (nSPS) is 15.6. The Bertz CT molecular complexity index is 392. The molecule has 1 saturated heterocycles. The summed E-state index contributed by atoms with van der Waals surface area (Å²) in [5.74, 6) is 0.996. The van der Waals surface area contributed by atoms with Crippen molar-refractivity contribution in [2.24, 2.45) is 5.92 Å². The summed E-state index contributed by atoms with van der Waals surface area (Å²) in [4.78, 5) is 12.0. The molecular weight excluding hydrogens is 252 g/mol. The summed E-state index contributed by atoms with van der Waals surface area (Å²) < 4.78 is 5.12. The molecule has 1 aliphatic rings. The highest BCUT2D eigenvalue weighted by molar-refractivity contribution is 5.92. The number of carbonyl (C=O) groups is 1. The van der Waals surface area contributed by atoms with Crippen molar-refractivity contribution in [3.05, 3.63) is 24.3 Å². The second-order valence-electron chi connectivity index (χ2n) is 4.25. The van der Waals surface area contributed by atoms with Crippen LogP contribution in [0.4, 0.5) is 5.69 Å². The molecule has 1 aromatic carbocycles. The zero-order valence-electron chi connectivity index (χ0n) is 10.4. The van der Waals surface area contributed by atoms with Crippen molar-refractivity contribution in [3.63, 3.8) is 0 Å². The van der Waals surface area contributed by atoms with Gasteiger partial charge in [0.25, 0.3) is 0 Å². The van der Waals surface area contributed by atoms with Gasteiger partial charge in [0.2, 0.25) is 5.91 Å². The Balaban J connectivity index is 0.00000162. The van der Waals surface area contributed by atoms with Crippen LogP contribution >= 0.6 is 12.4 Å². The van der Waals surface area contributed by atoms with E-state index in [0.717, 1.165) is 37.4 Å². The fourth-order valence-corrected chi connectivity index (χ4v) is 2.03. The van der Waals surface area contributed by atoms with Gasteiger partial charge in [0, 0.05) is 17.7 Å². The summed E-state index contributed by atoms with van der Waals surface area (Å²) in [6.45, 7) is 1.85. The molecule has 1 amide bonds. The minimum atomic E-state index is 0. The van der Waals surface area contributed by atoms with Crippen molar-refractivity contribution in [1.82, 2.24) is 5.32 Å². The lowest BCUT2D eigenvalue weighted by atomic mass is 9.97. The van der Waals surface area contributed by atoms with Crippen LogP contribution in [0.3, 0.4) is 0 Å². The average Bonchev–Trinajstić information content (AvgIpc) is 2.40. The minimum Gasteiger partial charge on any atom is -0.497 e. The van der Waals surface area contributed by atoms with Crippen LogP contribution in [0, 0.1) is 5.92 Å². The summed E-state index contributed by atoms with van der Waals surface area (Å²) in [5, 5.41) is 6.19. The Labute approximate surface area is 114 Å². The molecule has 0 spiro atoms. The third-order valence-electron chi connectivity index (χ3n) is 3.05. The number of benzene rings is 1. The topological polar surface area (TPSA) is 50.4 Å². The first-order chi connectivity index (χ1) is 8.29. The number of methoxy groups -OCH3 is 1. The van der Waals surface area contributed by atoms with E-state index >= 15 is 0 Å². The number of piperidine rings is 1. The molecule has 2 rings (SSSR count). The maximum absolute atomic E-state index is 12.0. The van der Waals surface area contributed by atoms with E-state index in [1.807, 2.05) is 24.3 Å². The average molecular weight is 271 g/mol. The van der Waals surface area contributed by atoms with Gasteiger partial charge in [0.15, 0.2) is 0 Å². The molecule has 1 fully saturated rings. The van der Waals surface area contributed by atoms with Gasteiger partial charge in [-0.3, -0.25) is 4.79 Å². The van der Waals surface area contributed by atoms with Gasteiger partial charge in [-0.25, -0.2) is 0 Å². The Morgan fingerprint density at radius 2 is 2.11 bits per heavy atom. The molecule has 1 aromatic rings. The summed E-state index contributed by atoms with van der Waals surface area (Å²) in [6, 6.07) is 7.44. The Morgan fingerprint density at radius 3 is 2.78 bits per heavy atom. The van der Waals surface area contributed by atoms with E-state index in [-0.39, 0.29) is 24.2 Å². The molecule has 100 valence electrons. The zero-order chi connectivity index (χ0) is 12.1. The van der Waals surface area contributed by atoms with E-state index in [1.165, 1.54) is 0 Å². The van der Waals surface area contributed by atoms with Crippen molar-refractivity contribution in [1.29, 1.82) is 0 Å². The molecule has 0 unspecified atom stereocenters. The number of anilines is 1. The van der Waals surface area contributed by atoms with Gasteiger partial charge >= 0.3 is 0 Å². The number of hydrogen-bond donors (Lipinski definition) is 2. The van der Waals surface area contributed by atoms with Crippen molar-refractivity contribution in [2.45, 2.75) is 12.8 Å². The molecule has 2 N–H and O–H groups in total. The number of nitrogens with one attached hydrogen (secondary N) is 2. The molecule has 0 saturated carbocycles.